The molecular formula is C16H14Cl3N3O4. The molecule has 1 amide bonds. The number of ether oxygens (including phenoxy) is 1. The van der Waals surface area contributed by atoms with Gasteiger partial charge in [0.1, 0.15) is 11.9 Å². The lowest BCUT2D eigenvalue weighted by atomic mass is 10.2. The molecule has 2 aromatic carbocycles. The van der Waals surface area contributed by atoms with E-state index in [0.29, 0.717) is 17.0 Å². The second-order valence-electron chi connectivity index (χ2n) is 5.12. The molecule has 0 unspecified atom stereocenters. The third-order valence-electron chi connectivity index (χ3n) is 3.34. The van der Waals surface area contributed by atoms with Crippen molar-refractivity contribution in [3.05, 3.63) is 64.2 Å². The average molecular weight is 419 g/mol. The normalized spacial score (nSPS) is 12.2. The molecule has 26 heavy (non-hydrogen) atoms. The SMILES string of the molecule is COc1ccc(C(=O)N[C@H](Nc2ccc([N+](=O)[O-])cc2)C(Cl)(Cl)Cl)cc1. The van der Waals surface area contributed by atoms with Crippen molar-refractivity contribution in [3.63, 3.8) is 0 Å². The van der Waals surface area contributed by atoms with Crippen molar-refractivity contribution in [1.29, 1.82) is 0 Å². The van der Waals surface area contributed by atoms with E-state index in [2.05, 4.69) is 10.6 Å². The summed E-state index contributed by atoms with van der Waals surface area (Å²) in [6, 6.07) is 11.9. The van der Waals surface area contributed by atoms with Crippen LogP contribution in [-0.2, 0) is 0 Å². The Morgan fingerprint density at radius 1 is 1.12 bits per heavy atom. The Balaban J connectivity index is 2.13. The summed E-state index contributed by atoms with van der Waals surface area (Å²) >= 11 is 17.8. The summed E-state index contributed by atoms with van der Waals surface area (Å²) in [4.78, 5) is 22.5. The van der Waals surface area contributed by atoms with E-state index in [9.17, 15) is 14.9 Å². The Morgan fingerprint density at radius 2 is 1.69 bits per heavy atom. The number of alkyl halides is 3. The van der Waals surface area contributed by atoms with E-state index in [4.69, 9.17) is 39.5 Å². The number of carbonyl (C=O) groups is 1. The highest BCUT2D eigenvalue weighted by molar-refractivity contribution is 6.68. The molecule has 7 nitrogen and oxygen atoms in total. The summed E-state index contributed by atoms with van der Waals surface area (Å²) in [5, 5.41) is 16.1. The number of benzene rings is 2. The quantitative estimate of drug-likeness (QED) is 0.318. The van der Waals surface area contributed by atoms with Gasteiger partial charge in [-0.05, 0) is 36.4 Å². The number of carbonyl (C=O) groups excluding carboxylic acids is 1. The summed E-state index contributed by atoms with van der Waals surface area (Å²) in [5.41, 5.74) is 0.695. The van der Waals surface area contributed by atoms with E-state index in [0.717, 1.165) is 0 Å². The smallest absolute Gasteiger partial charge is 0.269 e. The predicted molar refractivity (Wildman–Crippen MR) is 101 cm³/mol. The van der Waals surface area contributed by atoms with Crippen LogP contribution in [0.15, 0.2) is 48.5 Å². The number of nitrogens with one attached hydrogen (secondary N) is 2. The highest BCUT2D eigenvalue weighted by atomic mass is 35.6. The van der Waals surface area contributed by atoms with Crippen molar-refractivity contribution in [3.8, 4) is 5.75 Å². The highest BCUT2D eigenvalue weighted by Crippen LogP contribution is 2.31. The molecule has 0 saturated heterocycles. The summed E-state index contributed by atoms with van der Waals surface area (Å²) in [7, 11) is 1.52. The first-order valence-electron chi connectivity index (χ1n) is 7.23. The van der Waals surface area contributed by atoms with Gasteiger partial charge in [0.05, 0.1) is 12.0 Å². The van der Waals surface area contributed by atoms with Crippen LogP contribution in [0.2, 0.25) is 0 Å². The maximum Gasteiger partial charge on any atom is 0.269 e. The zero-order valence-corrected chi connectivity index (χ0v) is 15.7. The maximum atomic E-state index is 12.4. The predicted octanol–water partition coefficient (Wildman–Crippen LogP) is 4.14. The molecular weight excluding hydrogens is 405 g/mol. The third-order valence-corrected chi connectivity index (χ3v) is 4.00. The number of non-ortho nitro benzene ring substituents is 1. The second kappa shape index (κ2) is 8.44. The monoisotopic (exact) mass is 417 g/mol. The van der Waals surface area contributed by atoms with Gasteiger partial charge in [0.25, 0.3) is 11.6 Å². The van der Waals surface area contributed by atoms with Gasteiger partial charge in [0.2, 0.25) is 3.79 Å². The Bertz CT molecular complexity index is 777. The number of amides is 1. The van der Waals surface area contributed by atoms with Crippen molar-refractivity contribution in [1.82, 2.24) is 5.32 Å². The Hall–Kier alpha value is -2.22. The zero-order chi connectivity index (χ0) is 19.3. The fraction of sp³-hybridized carbons (Fsp3) is 0.188. The molecule has 0 bridgehead atoms. The number of nitro groups is 1. The number of methoxy groups -OCH3 is 1. The topological polar surface area (TPSA) is 93.5 Å². The number of anilines is 1. The summed E-state index contributed by atoms with van der Waals surface area (Å²) in [6.07, 6.45) is -1.08. The molecule has 1 atom stereocenters. The molecule has 0 fully saturated rings. The molecule has 2 rings (SSSR count). The molecule has 0 aliphatic heterocycles. The molecule has 10 heteroatoms. The van der Waals surface area contributed by atoms with Gasteiger partial charge in [-0.25, -0.2) is 0 Å². The largest absolute Gasteiger partial charge is 0.497 e. The lowest BCUT2D eigenvalue weighted by molar-refractivity contribution is -0.384. The maximum absolute atomic E-state index is 12.4. The van der Waals surface area contributed by atoms with E-state index in [-0.39, 0.29) is 5.69 Å². The lowest BCUT2D eigenvalue weighted by Crippen LogP contribution is -2.49. The fourth-order valence-corrected chi connectivity index (χ4v) is 2.33. The van der Waals surface area contributed by atoms with Gasteiger partial charge in [-0.2, -0.15) is 0 Å². The second-order valence-corrected chi connectivity index (χ2v) is 7.49. The van der Waals surface area contributed by atoms with Crippen LogP contribution in [0.1, 0.15) is 10.4 Å². The molecule has 0 heterocycles. The van der Waals surface area contributed by atoms with Crippen molar-refractivity contribution < 1.29 is 14.5 Å². The van der Waals surface area contributed by atoms with Gasteiger partial charge in [0.15, 0.2) is 0 Å². The molecule has 138 valence electrons. The Kier molecular flexibility index (Phi) is 6.52. The van der Waals surface area contributed by atoms with Crippen LogP contribution in [0.4, 0.5) is 11.4 Å². The minimum absolute atomic E-state index is 0.0803. The molecule has 0 saturated carbocycles. The van der Waals surface area contributed by atoms with Crippen LogP contribution in [0, 0.1) is 10.1 Å². The zero-order valence-electron chi connectivity index (χ0n) is 13.4. The van der Waals surface area contributed by atoms with Crippen molar-refractivity contribution in [2.45, 2.75) is 9.96 Å². The summed E-state index contributed by atoms with van der Waals surface area (Å²) in [5.74, 6) is 0.127. The molecule has 0 aromatic heterocycles. The van der Waals surface area contributed by atoms with E-state index in [1.165, 1.54) is 31.4 Å². The number of halogens is 3. The molecule has 0 aliphatic rings. The fourth-order valence-electron chi connectivity index (χ4n) is 2.00. The van der Waals surface area contributed by atoms with Gasteiger partial charge in [0, 0.05) is 23.4 Å². The number of rotatable bonds is 6. The van der Waals surface area contributed by atoms with Crippen molar-refractivity contribution >= 4 is 52.1 Å². The number of nitrogens with zero attached hydrogens (tertiary/aromatic N) is 1. The van der Waals surface area contributed by atoms with E-state index >= 15 is 0 Å². The highest BCUT2D eigenvalue weighted by Gasteiger charge is 2.34. The first kappa shape index (κ1) is 20.1. The van der Waals surface area contributed by atoms with E-state index in [1.807, 2.05) is 0 Å². The molecule has 0 spiro atoms. The first-order chi connectivity index (χ1) is 12.2. The molecule has 0 aliphatic carbocycles. The van der Waals surface area contributed by atoms with Crippen LogP contribution in [-0.4, -0.2) is 27.9 Å². The number of nitro benzene ring substituents is 1. The minimum atomic E-state index is -1.87. The average Bonchev–Trinajstić information content (AvgIpc) is 2.60. The van der Waals surface area contributed by atoms with Gasteiger partial charge in [-0.15, -0.1) is 0 Å². The Morgan fingerprint density at radius 3 is 2.15 bits per heavy atom. The molecule has 0 radical (unpaired) electrons. The standard InChI is InChI=1S/C16H14Cl3N3O4/c1-26-13-8-2-10(3-9-13)14(23)21-15(16(17,18)19)20-11-4-6-12(7-5-11)22(24)25/h2-9,15,20H,1H3,(H,21,23)/t15-/m0/s1. The lowest BCUT2D eigenvalue weighted by Gasteiger charge is -2.27. The van der Waals surface area contributed by atoms with Crippen LogP contribution < -0.4 is 15.4 Å². The van der Waals surface area contributed by atoms with Crippen molar-refractivity contribution in [2.24, 2.45) is 0 Å². The Labute approximate surface area is 164 Å². The van der Waals surface area contributed by atoms with Crippen LogP contribution in [0.25, 0.3) is 0 Å². The first-order valence-corrected chi connectivity index (χ1v) is 8.36. The van der Waals surface area contributed by atoms with Gasteiger partial charge in [-0.3, -0.25) is 14.9 Å². The van der Waals surface area contributed by atoms with Crippen LogP contribution in [0.5, 0.6) is 5.75 Å². The summed E-state index contributed by atoms with van der Waals surface area (Å²) in [6.45, 7) is 0. The minimum Gasteiger partial charge on any atom is -0.497 e. The third kappa shape index (κ3) is 5.39. The van der Waals surface area contributed by atoms with Gasteiger partial charge in [-0.1, -0.05) is 34.8 Å². The van der Waals surface area contributed by atoms with Crippen molar-refractivity contribution in [2.75, 3.05) is 12.4 Å². The van der Waals surface area contributed by atoms with Crippen LogP contribution in [0.3, 0.4) is 0 Å². The molecule has 2 N–H and O–H groups in total. The van der Waals surface area contributed by atoms with Crippen LogP contribution >= 0.6 is 34.8 Å². The number of hydrogen-bond donors (Lipinski definition) is 2. The number of hydrogen-bond acceptors (Lipinski definition) is 5. The van der Waals surface area contributed by atoms with Gasteiger partial charge < -0.3 is 15.4 Å². The molecule has 2 aromatic rings. The van der Waals surface area contributed by atoms with Gasteiger partial charge >= 0.3 is 0 Å². The van der Waals surface area contributed by atoms with E-state index < -0.39 is 20.8 Å². The van der Waals surface area contributed by atoms with E-state index in [1.54, 1.807) is 24.3 Å². The summed E-state index contributed by atoms with van der Waals surface area (Å²) < 4.78 is 3.16.